The van der Waals surface area contributed by atoms with E-state index in [0.29, 0.717) is 12.8 Å². The van der Waals surface area contributed by atoms with Crippen LogP contribution in [0.25, 0.3) is 0 Å². The standard InChI is InChI=1S/C14H17N3O/c1-17-13-4-3-11(5-8-16-7-2-6-15)9-12(13)10-14(17)18/h3-4,9,16H,2,5,7-8,10H2,1H3. The summed E-state index contributed by atoms with van der Waals surface area (Å²) >= 11 is 0. The fourth-order valence-corrected chi connectivity index (χ4v) is 2.18. The summed E-state index contributed by atoms with van der Waals surface area (Å²) in [4.78, 5) is 13.3. The molecule has 1 amide bonds. The van der Waals surface area contributed by atoms with Crippen LogP contribution in [0.1, 0.15) is 17.5 Å². The first kappa shape index (κ1) is 12.6. The lowest BCUT2D eigenvalue weighted by molar-refractivity contribution is -0.117. The van der Waals surface area contributed by atoms with Crippen molar-refractivity contribution in [1.29, 1.82) is 5.26 Å². The van der Waals surface area contributed by atoms with E-state index in [1.54, 1.807) is 4.90 Å². The lowest BCUT2D eigenvalue weighted by atomic mass is 10.1. The molecular weight excluding hydrogens is 226 g/mol. The highest BCUT2D eigenvalue weighted by Gasteiger charge is 2.23. The molecular formula is C14H17N3O. The number of nitrogens with zero attached hydrogens (tertiary/aromatic N) is 2. The van der Waals surface area contributed by atoms with Crippen LogP contribution >= 0.6 is 0 Å². The number of anilines is 1. The van der Waals surface area contributed by atoms with Crippen LogP contribution in [0.3, 0.4) is 0 Å². The van der Waals surface area contributed by atoms with Crippen molar-refractivity contribution >= 4 is 11.6 Å². The number of nitrogens with one attached hydrogen (secondary N) is 1. The summed E-state index contributed by atoms with van der Waals surface area (Å²) in [5, 5.41) is 11.6. The van der Waals surface area contributed by atoms with Gasteiger partial charge in [-0.05, 0) is 30.2 Å². The summed E-state index contributed by atoms with van der Waals surface area (Å²) in [5.74, 6) is 0.161. The third-order valence-corrected chi connectivity index (χ3v) is 3.23. The van der Waals surface area contributed by atoms with E-state index in [1.807, 2.05) is 13.1 Å². The Kier molecular flexibility index (Phi) is 3.96. The van der Waals surface area contributed by atoms with Gasteiger partial charge in [0.25, 0.3) is 0 Å². The van der Waals surface area contributed by atoms with Crippen LogP contribution in [0.2, 0.25) is 0 Å². The Morgan fingerprint density at radius 2 is 2.28 bits per heavy atom. The molecule has 1 aliphatic rings. The second-order valence-electron chi connectivity index (χ2n) is 4.50. The summed E-state index contributed by atoms with van der Waals surface area (Å²) < 4.78 is 0. The maximum Gasteiger partial charge on any atom is 0.231 e. The van der Waals surface area contributed by atoms with Crippen molar-refractivity contribution in [2.45, 2.75) is 19.3 Å². The molecule has 0 radical (unpaired) electrons. The van der Waals surface area contributed by atoms with Crippen LogP contribution in [0.4, 0.5) is 5.69 Å². The van der Waals surface area contributed by atoms with Gasteiger partial charge in [-0.3, -0.25) is 4.79 Å². The molecule has 94 valence electrons. The molecule has 0 aliphatic carbocycles. The number of benzene rings is 1. The molecule has 0 bridgehead atoms. The van der Waals surface area contributed by atoms with Crippen molar-refractivity contribution in [3.63, 3.8) is 0 Å². The van der Waals surface area contributed by atoms with Gasteiger partial charge in [-0.25, -0.2) is 0 Å². The number of carbonyl (C=O) groups is 1. The Hall–Kier alpha value is -1.86. The number of hydrogen-bond acceptors (Lipinski definition) is 3. The number of hydrogen-bond donors (Lipinski definition) is 1. The minimum absolute atomic E-state index is 0.161. The number of nitriles is 1. The van der Waals surface area contributed by atoms with E-state index in [1.165, 1.54) is 5.56 Å². The van der Waals surface area contributed by atoms with E-state index in [0.717, 1.165) is 30.8 Å². The van der Waals surface area contributed by atoms with Crippen LogP contribution in [-0.2, 0) is 17.6 Å². The van der Waals surface area contributed by atoms with Crippen molar-refractivity contribution < 1.29 is 4.79 Å². The Morgan fingerprint density at radius 3 is 3.06 bits per heavy atom. The predicted molar refractivity (Wildman–Crippen MR) is 70.4 cm³/mol. The first-order valence-corrected chi connectivity index (χ1v) is 6.18. The summed E-state index contributed by atoms with van der Waals surface area (Å²) in [7, 11) is 1.82. The number of fused-ring (bicyclic) bond motifs is 1. The lowest BCUT2D eigenvalue weighted by Gasteiger charge is -2.10. The van der Waals surface area contributed by atoms with Gasteiger partial charge in [0.2, 0.25) is 5.91 Å². The van der Waals surface area contributed by atoms with Gasteiger partial charge in [-0.2, -0.15) is 5.26 Å². The SMILES string of the molecule is CN1C(=O)Cc2cc(CCNCCC#N)ccc21. The minimum Gasteiger partial charge on any atom is -0.315 e. The fourth-order valence-electron chi connectivity index (χ4n) is 2.18. The van der Waals surface area contributed by atoms with Crippen molar-refractivity contribution in [3.8, 4) is 6.07 Å². The summed E-state index contributed by atoms with van der Waals surface area (Å²) in [5.41, 5.74) is 3.39. The third kappa shape index (κ3) is 2.69. The van der Waals surface area contributed by atoms with E-state index < -0.39 is 0 Å². The van der Waals surface area contributed by atoms with E-state index in [4.69, 9.17) is 5.26 Å². The van der Waals surface area contributed by atoms with Crippen LogP contribution in [-0.4, -0.2) is 26.0 Å². The fraction of sp³-hybridized carbons (Fsp3) is 0.429. The van der Waals surface area contributed by atoms with Gasteiger partial charge in [-0.15, -0.1) is 0 Å². The highest BCUT2D eigenvalue weighted by Crippen LogP contribution is 2.28. The zero-order valence-electron chi connectivity index (χ0n) is 10.6. The summed E-state index contributed by atoms with van der Waals surface area (Å²) in [6, 6.07) is 8.31. The van der Waals surface area contributed by atoms with Crippen LogP contribution in [0.5, 0.6) is 0 Å². The molecule has 0 saturated carbocycles. The van der Waals surface area contributed by atoms with Crippen molar-refractivity contribution in [2.24, 2.45) is 0 Å². The molecule has 0 atom stereocenters. The zero-order valence-corrected chi connectivity index (χ0v) is 10.6. The van der Waals surface area contributed by atoms with Crippen molar-refractivity contribution in [1.82, 2.24) is 5.32 Å². The third-order valence-electron chi connectivity index (χ3n) is 3.23. The molecule has 4 nitrogen and oxygen atoms in total. The number of likely N-dealkylation sites (N-methyl/N-ethyl adjacent to an activating group) is 1. The number of carbonyl (C=O) groups excluding carboxylic acids is 1. The van der Waals surface area contributed by atoms with Crippen LogP contribution in [0, 0.1) is 11.3 Å². The summed E-state index contributed by atoms with van der Waals surface area (Å²) in [6.07, 6.45) is 1.99. The molecule has 0 spiro atoms. The Morgan fingerprint density at radius 1 is 1.44 bits per heavy atom. The molecule has 18 heavy (non-hydrogen) atoms. The average molecular weight is 243 g/mol. The van der Waals surface area contributed by atoms with E-state index >= 15 is 0 Å². The summed E-state index contributed by atoms with van der Waals surface area (Å²) in [6.45, 7) is 1.60. The van der Waals surface area contributed by atoms with Gasteiger partial charge >= 0.3 is 0 Å². The first-order chi connectivity index (χ1) is 8.72. The van der Waals surface area contributed by atoms with Gasteiger partial charge in [0.05, 0.1) is 12.5 Å². The molecule has 0 saturated heterocycles. The molecule has 0 fully saturated rings. The van der Waals surface area contributed by atoms with Crippen molar-refractivity contribution in [2.75, 3.05) is 25.0 Å². The highest BCUT2D eigenvalue weighted by molar-refractivity contribution is 6.00. The normalized spacial score (nSPS) is 13.6. The van der Waals surface area contributed by atoms with Gasteiger partial charge in [0.1, 0.15) is 0 Å². The second-order valence-corrected chi connectivity index (χ2v) is 4.50. The average Bonchev–Trinajstić information content (AvgIpc) is 2.65. The minimum atomic E-state index is 0.161. The molecule has 4 heteroatoms. The second kappa shape index (κ2) is 5.65. The highest BCUT2D eigenvalue weighted by atomic mass is 16.2. The van der Waals surface area contributed by atoms with E-state index in [2.05, 4.69) is 23.5 Å². The van der Waals surface area contributed by atoms with Crippen molar-refractivity contribution in [3.05, 3.63) is 29.3 Å². The van der Waals surface area contributed by atoms with E-state index in [-0.39, 0.29) is 5.91 Å². The van der Waals surface area contributed by atoms with Gasteiger partial charge < -0.3 is 10.2 Å². The molecule has 2 rings (SSSR count). The molecule has 1 heterocycles. The lowest BCUT2D eigenvalue weighted by Crippen LogP contribution is -2.20. The van der Waals surface area contributed by atoms with E-state index in [9.17, 15) is 4.79 Å². The van der Waals surface area contributed by atoms with Gasteiger partial charge in [-0.1, -0.05) is 12.1 Å². The largest absolute Gasteiger partial charge is 0.315 e. The van der Waals surface area contributed by atoms with Gasteiger partial charge in [0, 0.05) is 25.7 Å². The monoisotopic (exact) mass is 243 g/mol. The van der Waals surface area contributed by atoms with Crippen LogP contribution in [0.15, 0.2) is 18.2 Å². The first-order valence-electron chi connectivity index (χ1n) is 6.18. The molecule has 1 aliphatic heterocycles. The molecule has 1 aromatic rings. The Bertz CT molecular complexity index is 490. The predicted octanol–water partition coefficient (Wildman–Crippen LogP) is 1.25. The molecule has 1 aromatic carbocycles. The maximum absolute atomic E-state index is 11.6. The Balaban J connectivity index is 1.91. The number of amides is 1. The maximum atomic E-state index is 11.6. The smallest absolute Gasteiger partial charge is 0.231 e. The van der Waals surface area contributed by atoms with Crippen LogP contribution < -0.4 is 10.2 Å². The Labute approximate surface area is 107 Å². The number of rotatable bonds is 5. The molecule has 0 aromatic heterocycles. The topological polar surface area (TPSA) is 56.1 Å². The zero-order chi connectivity index (χ0) is 13.0. The quantitative estimate of drug-likeness (QED) is 0.792. The molecule has 0 unspecified atom stereocenters. The molecule has 1 N–H and O–H groups in total. The van der Waals surface area contributed by atoms with Gasteiger partial charge in [0.15, 0.2) is 0 Å².